The molecule has 0 N–H and O–H groups in total. The number of rotatable bonds is 1. The van der Waals surface area contributed by atoms with Crippen molar-refractivity contribution in [3.05, 3.63) is 0 Å². The number of halogens is 2. The summed E-state index contributed by atoms with van der Waals surface area (Å²) in [4.78, 5) is 0. The van der Waals surface area contributed by atoms with Crippen molar-refractivity contribution in [1.82, 2.24) is 0 Å². The zero-order chi connectivity index (χ0) is 9.05. The van der Waals surface area contributed by atoms with Crippen LogP contribution in [-0.4, -0.2) is 6.43 Å². The number of alkyl halides is 2. The van der Waals surface area contributed by atoms with E-state index in [0.29, 0.717) is 17.8 Å². The predicted molar refractivity (Wildman–Crippen MR) is 46.6 cm³/mol. The Morgan fingerprint density at radius 3 is 1.54 bits per heavy atom. The van der Waals surface area contributed by atoms with E-state index >= 15 is 0 Å². The van der Waals surface area contributed by atoms with Gasteiger partial charge in [-0.25, -0.2) is 8.78 Å². The average Bonchev–Trinajstić information content (AvgIpc) is 2.00. The van der Waals surface area contributed by atoms with Gasteiger partial charge in [-0.1, -0.05) is 0 Å². The van der Waals surface area contributed by atoms with Crippen molar-refractivity contribution in [1.29, 1.82) is 0 Å². The molecular weight excluding hydrogens is 170 g/mol. The molecule has 0 nitrogen and oxygen atoms in total. The van der Waals surface area contributed by atoms with Gasteiger partial charge in [-0.15, -0.1) is 0 Å². The first kappa shape index (κ1) is 8.19. The Morgan fingerprint density at radius 2 is 1.23 bits per heavy atom. The molecule has 4 bridgehead atoms. The van der Waals surface area contributed by atoms with Crippen LogP contribution in [0.1, 0.15) is 38.5 Å². The molecule has 2 heteroatoms. The molecule has 0 radical (unpaired) electrons. The SMILES string of the molecule is FC(F)C12CC3CC(CC(C3)C1)C2. The van der Waals surface area contributed by atoms with Crippen molar-refractivity contribution >= 4 is 0 Å². The van der Waals surface area contributed by atoms with E-state index in [1.54, 1.807) is 0 Å². The summed E-state index contributed by atoms with van der Waals surface area (Å²) in [6.45, 7) is 0. The molecule has 4 saturated carbocycles. The van der Waals surface area contributed by atoms with Crippen LogP contribution in [0.25, 0.3) is 0 Å². The first-order valence-corrected chi connectivity index (χ1v) is 5.46. The summed E-state index contributed by atoms with van der Waals surface area (Å²) in [5.74, 6) is 1.96. The third kappa shape index (κ3) is 1.07. The minimum atomic E-state index is -2.05. The summed E-state index contributed by atoms with van der Waals surface area (Å²) in [5.41, 5.74) is -0.533. The van der Waals surface area contributed by atoms with Crippen LogP contribution in [0.3, 0.4) is 0 Å². The molecule has 4 fully saturated rings. The number of hydrogen-bond acceptors (Lipinski definition) is 0. The summed E-state index contributed by atoms with van der Waals surface area (Å²) >= 11 is 0. The highest BCUT2D eigenvalue weighted by molar-refractivity contribution is 5.02. The van der Waals surface area contributed by atoms with E-state index < -0.39 is 11.8 Å². The highest BCUT2D eigenvalue weighted by Gasteiger charge is 2.55. The van der Waals surface area contributed by atoms with Crippen LogP contribution < -0.4 is 0 Å². The average molecular weight is 186 g/mol. The van der Waals surface area contributed by atoms with Gasteiger partial charge < -0.3 is 0 Å². The second-order valence-corrected chi connectivity index (χ2v) is 5.58. The van der Waals surface area contributed by atoms with Crippen molar-refractivity contribution in [2.75, 3.05) is 0 Å². The molecule has 0 amide bonds. The summed E-state index contributed by atoms with van der Waals surface area (Å²) in [6, 6.07) is 0. The Morgan fingerprint density at radius 1 is 0.846 bits per heavy atom. The van der Waals surface area contributed by atoms with Gasteiger partial charge in [-0.05, 0) is 56.3 Å². The van der Waals surface area contributed by atoms with Crippen LogP contribution in [0.2, 0.25) is 0 Å². The van der Waals surface area contributed by atoms with E-state index in [1.165, 1.54) is 19.3 Å². The van der Waals surface area contributed by atoms with Gasteiger partial charge in [0.05, 0.1) is 0 Å². The molecular formula is C11H16F2. The lowest BCUT2D eigenvalue weighted by molar-refractivity contribution is -0.135. The van der Waals surface area contributed by atoms with Crippen molar-refractivity contribution in [3.63, 3.8) is 0 Å². The highest BCUT2D eigenvalue weighted by atomic mass is 19.3. The lowest BCUT2D eigenvalue weighted by atomic mass is 9.50. The largest absolute Gasteiger partial charge is 0.244 e. The molecule has 74 valence electrons. The van der Waals surface area contributed by atoms with Crippen LogP contribution in [0.4, 0.5) is 8.78 Å². The fraction of sp³-hybridized carbons (Fsp3) is 1.00. The molecule has 0 atom stereocenters. The molecule has 0 spiro atoms. The fourth-order valence-corrected chi connectivity index (χ4v) is 4.44. The second kappa shape index (κ2) is 2.46. The van der Waals surface area contributed by atoms with Crippen LogP contribution in [-0.2, 0) is 0 Å². The third-order valence-corrected chi connectivity index (χ3v) is 4.55. The van der Waals surface area contributed by atoms with Gasteiger partial charge in [0.15, 0.2) is 0 Å². The topological polar surface area (TPSA) is 0 Å². The smallest absolute Gasteiger partial charge is 0.210 e. The molecule has 0 aromatic heterocycles. The zero-order valence-corrected chi connectivity index (χ0v) is 7.81. The Labute approximate surface area is 77.7 Å². The summed E-state index contributed by atoms with van der Waals surface area (Å²) in [7, 11) is 0. The first-order chi connectivity index (χ1) is 6.18. The Bertz CT molecular complexity index is 187. The van der Waals surface area contributed by atoms with Crippen LogP contribution in [0.5, 0.6) is 0 Å². The highest BCUT2D eigenvalue weighted by Crippen LogP contribution is 2.61. The monoisotopic (exact) mass is 186 g/mol. The number of hydrogen-bond donors (Lipinski definition) is 0. The molecule has 4 aliphatic rings. The molecule has 13 heavy (non-hydrogen) atoms. The predicted octanol–water partition coefficient (Wildman–Crippen LogP) is 3.47. The molecule has 4 aliphatic carbocycles. The quantitative estimate of drug-likeness (QED) is 0.588. The van der Waals surface area contributed by atoms with E-state index in [4.69, 9.17) is 0 Å². The van der Waals surface area contributed by atoms with Gasteiger partial charge in [0.2, 0.25) is 6.43 Å². The Kier molecular flexibility index (Phi) is 1.55. The maximum absolute atomic E-state index is 13.0. The van der Waals surface area contributed by atoms with Crippen molar-refractivity contribution in [2.24, 2.45) is 23.2 Å². The second-order valence-electron chi connectivity index (χ2n) is 5.58. The van der Waals surface area contributed by atoms with Gasteiger partial charge in [-0.3, -0.25) is 0 Å². The van der Waals surface area contributed by atoms with E-state index in [-0.39, 0.29) is 0 Å². The molecule has 0 aliphatic heterocycles. The van der Waals surface area contributed by atoms with Gasteiger partial charge in [0.1, 0.15) is 0 Å². The molecule has 0 saturated heterocycles. The minimum Gasteiger partial charge on any atom is -0.210 e. The Hall–Kier alpha value is -0.140. The van der Waals surface area contributed by atoms with Crippen molar-refractivity contribution in [3.8, 4) is 0 Å². The normalized spacial score (nSPS) is 53.3. The van der Waals surface area contributed by atoms with Crippen LogP contribution >= 0.6 is 0 Å². The van der Waals surface area contributed by atoms with E-state index in [0.717, 1.165) is 19.3 Å². The van der Waals surface area contributed by atoms with Gasteiger partial charge in [-0.2, -0.15) is 0 Å². The van der Waals surface area contributed by atoms with Gasteiger partial charge in [0, 0.05) is 5.41 Å². The third-order valence-electron chi connectivity index (χ3n) is 4.55. The lowest BCUT2D eigenvalue weighted by Gasteiger charge is -2.56. The molecule has 0 aromatic rings. The van der Waals surface area contributed by atoms with Gasteiger partial charge in [0.25, 0.3) is 0 Å². The van der Waals surface area contributed by atoms with E-state index in [2.05, 4.69) is 0 Å². The van der Waals surface area contributed by atoms with Gasteiger partial charge >= 0.3 is 0 Å². The fourth-order valence-electron chi connectivity index (χ4n) is 4.44. The van der Waals surface area contributed by atoms with Crippen LogP contribution in [0.15, 0.2) is 0 Å². The Balaban J connectivity index is 1.91. The standard InChI is InChI=1S/C11H16F2/c12-10(13)11-4-7-1-8(5-11)3-9(2-7)6-11/h7-10H,1-6H2. The zero-order valence-electron chi connectivity index (χ0n) is 7.81. The summed E-state index contributed by atoms with van der Waals surface area (Å²) in [5, 5.41) is 0. The minimum absolute atomic E-state index is 0.533. The molecule has 0 heterocycles. The first-order valence-electron chi connectivity index (χ1n) is 5.46. The van der Waals surface area contributed by atoms with Crippen molar-refractivity contribution in [2.45, 2.75) is 45.0 Å². The van der Waals surface area contributed by atoms with Crippen LogP contribution in [0, 0.1) is 23.2 Å². The summed E-state index contributed by atoms with van der Waals surface area (Å²) in [6.07, 6.45) is 4.20. The van der Waals surface area contributed by atoms with E-state index in [9.17, 15) is 8.78 Å². The van der Waals surface area contributed by atoms with E-state index in [1.807, 2.05) is 0 Å². The molecule has 0 aromatic carbocycles. The lowest BCUT2D eigenvalue weighted by Crippen LogP contribution is -2.49. The molecule has 0 unspecified atom stereocenters. The molecule has 4 rings (SSSR count). The maximum Gasteiger partial charge on any atom is 0.244 e. The van der Waals surface area contributed by atoms with Crippen molar-refractivity contribution < 1.29 is 8.78 Å². The maximum atomic E-state index is 13.0. The summed E-state index contributed by atoms with van der Waals surface area (Å²) < 4.78 is 26.0.